The zero-order chi connectivity index (χ0) is 12.3. The maximum Gasteiger partial charge on any atom is 0.147 e. The molecule has 0 radical (unpaired) electrons. The molecule has 0 spiro atoms. The van der Waals surface area contributed by atoms with Crippen molar-refractivity contribution in [2.45, 2.75) is 13.3 Å². The number of piperazine rings is 1. The molecular formula is C12H17Cl2N3. The first kappa shape index (κ1) is 12.9. The summed E-state index contributed by atoms with van der Waals surface area (Å²) in [6.45, 7) is 7.51. The van der Waals surface area contributed by atoms with E-state index in [0.29, 0.717) is 10.0 Å². The summed E-state index contributed by atoms with van der Waals surface area (Å²) in [5.41, 5.74) is 0. The summed E-state index contributed by atoms with van der Waals surface area (Å²) >= 11 is 12.0. The van der Waals surface area contributed by atoms with Crippen LogP contribution >= 0.6 is 23.2 Å². The topological polar surface area (TPSA) is 19.4 Å². The molecule has 1 aromatic rings. The van der Waals surface area contributed by atoms with Crippen molar-refractivity contribution in [2.24, 2.45) is 0 Å². The summed E-state index contributed by atoms with van der Waals surface area (Å²) in [5.74, 6) is 0.854. The highest BCUT2D eigenvalue weighted by molar-refractivity contribution is 6.36. The molecule has 0 unspecified atom stereocenters. The zero-order valence-corrected chi connectivity index (χ0v) is 11.5. The molecule has 1 aliphatic heterocycles. The molecule has 0 N–H and O–H groups in total. The van der Waals surface area contributed by atoms with Crippen LogP contribution in [0.1, 0.15) is 13.3 Å². The van der Waals surface area contributed by atoms with E-state index in [-0.39, 0.29) is 0 Å². The van der Waals surface area contributed by atoms with Gasteiger partial charge in [0.05, 0.1) is 10.0 Å². The standard InChI is InChI=1S/C12H17Cl2N3/c1-2-3-16-4-6-17(7-5-16)12-11(14)8-10(13)9-15-12/h8-9H,2-7H2,1H3. The van der Waals surface area contributed by atoms with E-state index in [1.54, 1.807) is 12.3 Å². The van der Waals surface area contributed by atoms with Crippen LogP contribution in [0.5, 0.6) is 0 Å². The quantitative estimate of drug-likeness (QED) is 0.844. The average Bonchev–Trinajstić information content (AvgIpc) is 2.31. The monoisotopic (exact) mass is 273 g/mol. The average molecular weight is 274 g/mol. The third-order valence-electron chi connectivity index (χ3n) is 3.00. The molecule has 0 bridgehead atoms. The number of hydrogen-bond acceptors (Lipinski definition) is 3. The molecule has 0 amide bonds. The van der Waals surface area contributed by atoms with Gasteiger partial charge in [0.2, 0.25) is 0 Å². The van der Waals surface area contributed by atoms with Gasteiger partial charge in [-0.05, 0) is 19.0 Å². The fraction of sp³-hybridized carbons (Fsp3) is 0.583. The van der Waals surface area contributed by atoms with Crippen molar-refractivity contribution in [3.8, 4) is 0 Å². The fourth-order valence-corrected chi connectivity index (χ4v) is 2.64. The Kier molecular flexibility index (Phi) is 4.48. The summed E-state index contributed by atoms with van der Waals surface area (Å²) in [4.78, 5) is 9.02. The van der Waals surface area contributed by atoms with Gasteiger partial charge in [-0.15, -0.1) is 0 Å². The Bertz CT molecular complexity index is 376. The second kappa shape index (κ2) is 5.89. The van der Waals surface area contributed by atoms with E-state index in [9.17, 15) is 0 Å². The summed E-state index contributed by atoms with van der Waals surface area (Å²) in [6.07, 6.45) is 2.86. The molecule has 1 aliphatic rings. The van der Waals surface area contributed by atoms with Crippen molar-refractivity contribution < 1.29 is 0 Å². The molecule has 0 atom stereocenters. The lowest BCUT2D eigenvalue weighted by molar-refractivity contribution is 0.258. The Morgan fingerprint density at radius 3 is 2.53 bits per heavy atom. The molecule has 5 heteroatoms. The summed E-state index contributed by atoms with van der Waals surface area (Å²) < 4.78 is 0. The van der Waals surface area contributed by atoms with E-state index in [0.717, 1.165) is 32.0 Å². The van der Waals surface area contributed by atoms with Crippen molar-refractivity contribution in [1.82, 2.24) is 9.88 Å². The molecule has 0 aliphatic carbocycles. The number of rotatable bonds is 3. The van der Waals surface area contributed by atoms with E-state index < -0.39 is 0 Å². The van der Waals surface area contributed by atoms with Gasteiger partial charge in [0.25, 0.3) is 0 Å². The van der Waals surface area contributed by atoms with Gasteiger partial charge in [-0.3, -0.25) is 4.90 Å². The molecule has 94 valence electrons. The SMILES string of the molecule is CCCN1CCN(c2ncc(Cl)cc2Cl)CC1. The molecule has 1 saturated heterocycles. The van der Waals surface area contributed by atoms with E-state index in [1.165, 1.54) is 13.0 Å². The van der Waals surface area contributed by atoms with Crippen molar-refractivity contribution in [1.29, 1.82) is 0 Å². The van der Waals surface area contributed by atoms with Gasteiger partial charge in [0.1, 0.15) is 5.82 Å². The summed E-state index contributed by atoms with van der Waals surface area (Å²) in [5, 5.41) is 1.23. The van der Waals surface area contributed by atoms with Crippen LogP contribution in [0.25, 0.3) is 0 Å². The number of hydrogen-bond donors (Lipinski definition) is 0. The first-order valence-corrected chi connectivity index (χ1v) is 6.74. The molecule has 1 fully saturated rings. The highest BCUT2D eigenvalue weighted by Crippen LogP contribution is 2.26. The first-order chi connectivity index (χ1) is 8.20. The maximum absolute atomic E-state index is 6.16. The molecule has 0 aromatic carbocycles. The number of aromatic nitrogens is 1. The highest BCUT2D eigenvalue weighted by atomic mass is 35.5. The minimum absolute atomic E-state index is 0.586. The number of anilines is 1. The molecule has 2 rings (SSSR count). The lowest BCUT2D eigenvalue weighted by Gasteiger charge is -2.35. The number of pyridine rings is 1. The van der Waals surface area contributed by atoms with Gasteiger partial charge in [-0.2, -0.15) is 0 Å². The Balaban J connectivity index is 2.00. The van der Waals surface area contributed by atoms with Crippen LogP contribution in [0.15, 0.2) is 12.3 Å². The third-order valence-corrected chi connectivity index (χ3v) is 3.48. The van der Waals surface area contributed by atoms with Crippen LogP contribution in [0.2, 0.25) is 10.0 Å². The van der Waals surface area contributed by atoms with Gasteiger partial charge in [-0.1, -0.05) is 30.1 Å². The van der Waals surface area contributed by atoms with Crippen LogP contribution < -0.4 is 4.90 Å². The van der Waals surface area contributed by atoms with Gasteiger partial charge < -0.3 is 4.90 Å². The lowest BCUT2D eigenvalue weighted by atomic mass is 10.3. The van der Waals surface area contributed by atoms with E-state index in [2.05, 4.69) is 21.7 Å². The number of halogens is 2. The number of nitrogens with zero attached hydrogens (tertiary/aromatic N) is 3. The van der Waals surface area contributed by atoms with Gasteiger partial charge in [0.15, 0.2) is 0 Å². The van der Waals surface area contributed by atoms with Crippen molar-refractivity contribution in [3.05, 3.63) is 22.3 Å². The second-order valence-electron chi connectivity index (χ2n) is 4.29. The first-order valence-electron chi connectivity index (χ1n) is 5.99. The van der Waals surface area contributed by atoms with Crippen LogP contribution in [0.4, 0.5) is 5.82 Å². The smallest absolute Gasteiger partial charge is 0.147 e. The van der Waals surface area contributed by atoms with Crippen molar-refractivity contribution in [2.75, 3.05) is 37.6 Å². The van der Waals surface area contributed by atoms with Crippen molar-refractivity contribution in [3.63, 3.8) is 0 Å². The molecular weight excluding hydrogens is 257 g/mol. The van der Waals surface area contributed by atoms with Crippen LogP contribution in [-0.2, 0) is 0 Å². The van der Waals surface area contributed by atoms with Crippen LogP contribution in [0.3, 0.4) is 0 Å². The largest absolute Gasteiger partial charge is 0.353 e. The Morgan fingerprint density at radius 1 is 1.24 bits per heavy atom. The Hall–Kier alpha value is -0.510. The molecule has 3 nitrogen and oxygen atoms in total. The van der Waals surface area contributed by atoms with Crippen molar-refractivity contribution >= 4 is 29.0 Å². The Labute approximate surface area is 112 Å². The molecule has 2 heterocycles. The highest BCUT2D eigenvalue weighted by Gasteiger charge is 2.19. The third kappa shape index (κ3) is 3.24. The van der Waals surface area contributed by atoms with E-state index >= 15 is 0 Å². The fourth-order valence-electron chi connectivity index (χ4n) is 2.14. The van der Waals surface area contributed by atoms with Crippen LogP contribution in [0, 0.1) is 0 Å². The maximum atomic E-state index is 6.16. The molecule has 1 aromatic heterocycles. The minimum Gasteiger partial charge on any atom is -0.353 e. The zero-order valence-electron chi connectivity index (χ0n) is 9.99. The van der Waals surface area contributed by atoms with Gasteiger partial charge in [0, 0.05) is 32.4 Å². The minimum atomic E-state index is 0.586. The van der Waals surface area contributed by atoms with Gasteiger partial charge in [-0.25, -0.2) is 4.98 Å². The van der Waals surface area contributed by atoms with E-state index in [1.807, 2.05) is 0 Å². The van der Waals surface area contributed by atoms with E-state index in [4.69, 9.17) is 23.2 Å². The predicted octanol–water partition coefficient (Wildman–Crippen LogP) is 2.92. The van der Waals surface area contributed by atoms with Gasteiger partial charge >= 0.3 is 0 Å². The molecule has 0 saturated carbocycles. The lowest BCUT2D eigenvalue weighted by Crippen LogP contribution is -2.46. The Morgan fingerprint density at radius 2 is 1.94 bits per heavy atom. The predicted molar refractivity (Wildman–Crippen MR) is 73.2 cm³/mol. The molecule has 17 heavy (non-hydrogen) atoms. The van der Waals surface area contributed by atoms with Crippen LogP contribution in [-0.4, -0.2) is 42.6 Å². The normalized spacial score (nSPS) is 17.5. The summed E-state index contributed by atoms with van der Waals surface area (Å²) in [6, 6.07) is 1.75. The summed E-state index contributed by atoms with van der Waals surface area (Å²) in [7, 11) is 0. The second-order valence-corrected chi connectivity index (χ2v) is 5.13.